The Balaban J connectivity index is 2.76. The van der Waals surface area contributed by atoms with E-state index in [1.807, 2.05) is 24.3 Å². The minimum absolute atomic E-state index is 0.418. The Kier molecular flexibility index (Phi) is 3.89. The highest BCUT2D eigenvalue weighted by molar-refractivity contribution is 5.75. The van der Waals surface area contributed by atoms with Gasteiger partial charge in [-0.1, -0.05) is 38.1 Å². The van der Waals surface area contributed by atoms with Crippen molar-refractivity contribution in [3.63, 3.8) is 0 Å². The monoisotopic (exact) mass is 208 g/mol. The molecule has 15 heavy (non-hydrogen) atoms. The van der Waals surface area contributed by atoms with E-state index in [0.717, 1.165) is 12.0 Å². The van der Waals surface area contributed by atoms with Crippen molar-refractivity contribution in [2.45, 2.75) is 33.1 Å². The Hall–Kier alpha value is -1.31. The third-order valence-electron chi connectivity index (χ3n) is 2.49. The van der Waals surface area contributed by atoms with E-state index in [1.54, 1.807) is 6.92 Å². The van der Waals surface area contributed by atoms with Crippen LogP contribution in [0.5, 0.6) is 0 Å². The Morgan fingerprint density at radius 3 is 2.27 bits per heavy atom. The molecule has 0 aliphatic heterocycles. The lowest BCUT2D eigenvalue weighted by Crippen LogP contribution is -2.07. The summed E-state index contributed by atoms with van der Waals surface area (Å²) in [6, 6.07) is 7.87. The highest BCUT2D eigenvalue weighted by atomic mass is 16.4. The van der Waals surface area contributed by atoms with Crippen molar-refractivity contribution >= 4 is 5.97 Å². The van der Waals surface area contributed by atoms with Crippen LogP contribution in [-0.2, 0) is 11.2 Å². The molecule has 82 valence electrons. The lowest BCUT2D eigenvalue weighted by Gasteiger charge is -2.09. The van der Waals surface area contributed by atoms with Gasteiger partial charge in [0.25, 0.3) is 0 Å². The SMILES string of the molecule is CC(C)Cc1ccc([C@@H]([14CH3])C(=O)O)cc1. The number of hydrogen-bond donors (Lipinski definition) is 1. The molecule has 0 aliphatic rings. The summed E-state index contributed by atoms with van der Waals surface area (Å²) in [6.45, 7) is 6.06. The molecule has 0 spiro atoms. The van der Waals surface area contributed by atoms with Gasteiger partial charge in [-0.2, -0.15) is 0 Å². The molecule has 1 atom stereocenters. The number of benzene rings is 1. The molecule has 0 aliphatic carbocycles. The molecule has 1 aromatic carbocycles. The smallest absolute Gasteiger partial charge is 0.310 e. The summed E-state index contributed by atoms with van der Waals surface area (Å²) >= 11 is 0. The van der Waals surface area contributed by atoms with Crippen LogP contribution in [0.2, 0.25) is 0 Å². The van der Waals surface area contributed by atoms with Crippen LogP contribution in [0, 0.1) is 5.92 Å². The summed E-state index contributed by atoms with van der Waals surface area (Å²) in [7, 11) is 0. The van der Waals surface area contributed by atoms with Gasteiger partial charge in [0.2, 0.25) is 0 Å². The van der Waals surface area contributed by atoms with E-state index < -0.39 is 11.9 Å². The molecule has 1 aromatic rings. The van der Waals surface area contributed by atoms with Gasteiger partial charge in [0.05, 0.1) is 5.92 Å². The quantitative estimate of drug-likeness (QED) is 0.825. The number of hydrogen-bond acceptors (Lipinski definition) is 1. The van der Waals surface area contributed by atoms with Gasteiger partial charge in [0, 0.05) is 0 Å². The minimum Gasteiger partial charge on any atom is -0.481 e. The summed E-state index contributed by atoms with van der Waals surface area (Å²) in [5.41, 5.74) is 2.14. The van der Waals surface area contributed by atoms with Crippen molar-refractivity contribution in [3.8, 4) is 0 Å². The van der Waals surface area contributed by atoms with Crippen molar-refractivity contribution in [2.75, 3.05) is 0 Å². The molecule has 2 heteroatoms. The largest absolute Gasteiger partial charge is 0.481 e. The number of aliphatic carboxylic acids is 1. The Morgan fingerprint density at radius 2 is 1.87 bits per heavy atom. The maximum Gasteiger partial charge on any atom is 0.310 e. The highest BCUT2D eigenvalue weighted by Crippen LogP contribution is 2.17. The van der Waals surface area contributed by atoms with Gasteiger partial charge in [0.15, 0.2) is 0 Å². The molecule has 0 saturated heterocycles. The van der Waals surface area contributed by atoms with E-state index in [1.165, 1.54) is 5.56 Å². The van der Waals surface area contributed by atoms with Crippen molar-refractivity contribution < 1.29 is 9.90 Å². The molecule has 2 nitrogen and oxygen atoms in total. The van der Waals surface area contributed by atoms with Crippen LogP contribution in [0.1, 0.15) is 37.8 Å². The molecule has 0 unspecified atom stereocenters. The van der Waals surface area contributed by atoms with Crippen LogP contribution in [0.3, 0.4) is 0 Å². The molecular formula is C13H18O2. The second-order valence-corrected chi connectivity index (χ2v) is 4.40. The fourth-order valence-electron chi connectivity index (χ4n) is 1.56. The van der Waals surface area contributed by atoms with Crippen molar-refractivity contribution in [3.05, 3.63) is 35.4 Å². The number of carboxylic acid groups (broad SMARTS) is 1. The molecule has 0 fully saturated rings. The average molecular weight is 208 g/mol. The summed E-state index contributed by atoms with van der Waals surface area (Å²) in [4.78, 5) is 10.8. The predicted octanol–water partition coefficient (Wildman–Crippen LogP) is 3.07. The molecule has 0 amide bonds. The fourth-order valence-corrected chi connectivity index (χ4v) is 1.56. The zero-order valence-electron chi connectivity index (χ0n) is 9.53. The van der Waals surface area contributed by atoms with E-state index in [2.05, 4.69) is 13.8 Å². The van der Waals surface area contributed by atoms with Crippen LogP contribution in [0.4, 0.5) is 0 Å². The van der Waals surface area contributed by atoms with Crippen LogP contribution in [-0.4, -0.2) is 11.1 Å². The first-order valence-corrected chi connectivity index (χ1v) is 5.32. The molecule has 0 heterocycles. The van der Waals surface area contributed by atoms with E-state index >= 15 is 0 Å². The van der Waals surface area contributed by atoms with Crippen LogP contribution in [0.25, 0.3) is 0 Å². The van der Waals surface area contributed by atoms with Crippen molar-refractivity contribution in [2.24, 2.45) is 5.92 Å². The first-order valence-electron chi connectivity index (χ1n) is 5.32. The lowest BCUT2D eigenvalue weighted by molar-refractivity contribution is -0.138. The molecule has 0 aromatic heterocycles. The number of rotatable bonds is 4. The molecule has 0 saturated carbocycles. The molecule has 0 bridgehead atoms. The molecular weight excluding hydrogens is 190 g/mol. The lowest BCUT2D eigenvalue weighted by atomic mass is 10.00. The Morgan fingerprint density at radius 1 is 1.33 bits per heavy atom. The second-order valence-electron chi connectivity index (χ2n) is 4.40. The maximum absolute atomic E-state index is 10.8. The van der Waals surface area contributed by atoms with E-state index in [4.69, 9.17) is 5.11 Å². The topological polar surface area (TPSA) is 37.3 Å². The van der Waals surface area contributed by atoms with Gasteiger partial charge in [-0.3, -0.25) is 4.79 Å². The van der Waals surface area contributed by atoms with Crippen LogP contribution < -0.4 is 0 Å². The van der Waals surface area contributed by atoms with Crippen molar-refractivity contribution in [1.82, 2.24) is 0 Å². The second kappa shape index (κ2) is 4.96. The Labute approximate surface area is 90.9 Å². The van der Waals surface area contributed by atoms with E-state index in [-0.39, 0.29) is 0 Å². The summed E-state index contributed by atoms with van der Waals surface area (Å²) in [5.74, 6) is -0.558. The third kappa shape index (κ3) is 3.39. The predicted molar refractivity (Wildman–Crippen MR) is 61.0 cm³/mol. The highest BCUT2D eigenvalue weighted by Gasteiger charge is 2.12. The van der Waals surface area contributed by atoms with Crippen LogP contribution >= 0.6 is 0 Å². The Bertz CT molecular complexity index is 325. The van der Waals surface area contributed by atoms with Gasteiger partial charge in [-0.25, -0.2) is 0 Å². The van der Waals surface area contributed by atoms with Gasteiger partial charge in [0.1, 0.15) is 0 Å². The first-order chi connectivity index (χ1) is 7.00. The number of carboxylic acids is 1. The minimum atomic E-state index is -0.772. The third-order valence-corrected chi connectivity index (χ3v) is 2.49. The number of carbonyl (C=O) groups is 1. The van der Waals surface area contributed by atoms with Gasteiger partial charge in [-0.05, 0) is 30.4 Å². The zero-order valence-corrected chi connectivity index (χ0v) is 9.53. The zero-order chi connectivity index (χ0) is 11.4. The van der Waals surface area contributed by atoms with Gasteiger partial charge in [-0.15, -0.1) is 0 Å². The molecule has 0 radical (unpaired) electrons. The van der Waals surface area contributed by atoms with Crippen LogP contribution in [0.15, 0.2) is 24.3 Å². The van der Waals surface area contributed by atoms with E-state index in [0.29, 0.717) is 5.92 Å². The first kappa shape index (κ1) is 11.8. The standard InChI is InChI=1S/C13H18O2/c1-9(2)8-11-4-6-12(7-5-11)10(3)13(14)15/h4-7,9-10H,8H2,1-3H3,(H,14,15)/t10-/m1/s1/i3+2. The summed E-state index contributed by atoms with van der Waals surface area (Å²) in [5, 5.41) is 8.85. The van der Waals surface area contributed by atoms with Crippen molar-refractivity contribution in [1.29, 1.82) is 0 Å². The fraction of sp³-hybridized carbons (Fsp3) is 0.462. The van der Waals surface area contributed by atoms with Gasteiger partial charge < -0.3 is 5.11 Å². The summed E-state index contributed by atoms with van der Waals surface area (Å²) < 4.78 is 0. The summed E-state index contributed by atoms with van der Waals surface area (Å²) in [6.07, 6.45) is 1.04. The van der Waals surface area contributed by atoms with Gasteiger partial charge >= 0.3 is 5.97 Å². The normalized spacial score (nSPS) is 12.8. The maximum atomic E-state index is 10.8. The van der Waals surface area contributed by atoms with E-state index in [9.17, 15) is 4.79 Å². The average Bonchev–Trinajstić information content (AvgIpc) is 2.17. The molecule has 1 N–H and O–H groups in total. The molecule has 1 rings (SSSR count).